The van der Waals surface area contributed by atoms with E-state index in [9.17, 15) is 9.59 Å². The highest BCUT2D eigenvalue weighted by Gasteiger charge is 2.24. The zero-order valence-electron chi connectivity index (χ0n) is 17.2. The second-order valence-corrected chi connectivity index (χ2v) is 7.76. The van der Waals surface area contributed by atoms with E-state index in [0.717, 1.165) is 24.3 Å². The largest absolute Gasteiger partial charge is 0.379 e. The van der Waals surface area contributed by atoms with Gasteiger partial charge in [-0.1, -0.05) is 29.8 Å². The molecule has 160 valence electrons. The molecule has 0 bridgehead atoms. The Morgan fingerprint density at radius 1 is 1.10 bits per heavy atom. The van der Waals surface area contributed by atoms with Gasteiger partial charge < -0.3 is 20.3 Å². The molecule has 2 amide bonds. The van der Waals surface area contributed by atoms with Crippen LogP contribution >= 0.6 is 11.6 Å². The summed E-state index contributed by atoms with van der Waals surface area (Å²) in [5.74, 6) is -1.40. The summed E-state index contributed by atoms with van der Waals surface area (Å²) in [6.45, 7) is 3.16. The van der Waals surface area contributed by atoms with Gasteiger partial charge in [0, 0.05) is 50.1 Å². The number of nitrogens with zero attached hydrogens (tertiary/aromatic N) is 2. The summed E-state index contributed by atoms with van der Waals surface area (Å²) >= 11 is 5.92. The van der Waals surface area contributed by atoms with Gasteiger partial charge in [0.25, 0.3) is 0 Å². The van der Waals surface area contributed by atoms with E-state index < -0.39 is 11.8 Å². The zero-order chi connectivity index (χ0) is 21.5. The van der Waals surface area contributed by atoms with Crippen molar-refractivity contribution in [1.29, 1.82) is 0 Å². The van der Waals surface area contributed by atoms with Crippen molar-refractivity contribution < 1.29 is 14.3 Å². The number of ether oxygens (including phenoxy) is 1. The van der Waals surface area contributed by atoms with E-state index >= 15 is 0 Å². The highest BCUT2D eigenvalue weighted by molar-refractivity contribution is 6.39. The molecule has 30 heavy (non-hydrogen) atoms. The average Bonchev–Trinajstić information content (AvgIpc) is 2.75. The first-order valence-corrected chi connectivity index (χ1v) is 10.3. The van der Waals surface area contributed by atoms with Gasteiger partial charge in [-0.05, 0) is 35.9 Å². The summed E-state index contributed by atoms with van der Waals surface area (Å²) in [6.07, 6.45) is 0. The fourth-order valence-electron chi connectivity index (χ4n) is 3.37. The van der Waals surface area contributed by atoms with Crippen molar-refractivity contribution in [3.05, 3.63) is 59.1 Å². The summed E-state index contributed by atoms with van der Waals surface area (Å²) in [5, 5.41) is 5.83. The molecule has 0 radical (unpaired) electrons. The summed E-state index contributed by atoms with van der Waals surface area (Å²) in [6, 6.07) is 14.9. The molecule has 1 fully saturated rings. The molecule has 1 saturated heterocycles. The Morgan fingerprint density at radius 3 is 2.43 bits per heavy atom. The van der Waals surface area contributed by atoms with Crippen LogP contribution < -0.4 is 15.5 Å². The third-order valence-electron chi connectivity index (χ3n) is 5.03. The second-order valence-electron chi connectivity index (χ2n) is 7.32. The number of benzene rings is 2. The summed E-state index contributed by atoms with van der Waals surface area (Å²) in [7, 11) is 3.99. The predicted octanol–water partition coefficient (Wildman–Crippen LogP) is 2.53. The van der Waals surface area contributed by atoms with E-state index in [1.165, 1.54) is 0 Å². The minimum absolute atomic E-state index is 0.0481. The minimum atomic E-state index is -0.721. The van der Waals surface area contributed by atoms with Gasteiger partial charge in [-0.15, -0.1) is 0 Å². The lowest BCUT2D eigenvalue weighted by atomic mass is 10.0. The maximum Gasteiger partial charge on any atom is 0.313 e. The minimum Gasteiger partial charge on any atom is -0.379 e. The Hall–Kier alpha value is -2.61. The van der Waals surface area contributed by atoms with Gasteiger partial charge in [-0.25, -0.2) is 0 Å². The van der Waals surface area contributed by atoms with Gasteiger partial charge in [0.1, 0.15) is 0 Å². The molecule has 0 spiro atoms. The van der Waals surface area contributed by atoms with Crippen LogP contribution in [0.3, 0.4) is 0 Å². The van der Waals surface area contributed by atoms with Crippen LogP contribution in [0.25, 0.3) is 0 Å². The summed E-state index contributed by atoms with van der Waals surface area (Å²) in [5.41, 5.74) is 2.66. The first-order valence-electron chi connectivity index (χ1n) is 9.88. The molecule has 0 aliphatic carbocycles. The van der Waals surface area contributed by atoms with E-state index in [1.54, 1.807) is 24.3 Å². The van der Waals surface area contributed by atoms with Crippen LogP contribution in [0.15, 0.2) is 48.5 Å². The van der Waals surface area contributed by atoms with Crippen LogP contribution in [0.4, 0.5) is 11.4 Å². The first kappa shape index (κ1) is 22.1. The molecular weight excluding hydrogens is 404 g/mol. The Kier molecular flexibility index (Phi) is 7.68. The molecule has 1 aliphatic heterocycles. The number of hydrogen-bond donors (Lipinski definition) is 2. The van der Waals surface area contributed by atoms with Crippen molar-refractivity contribution in [2.45, 2.75) is 6.04 Å². The van der Waals surface area contributed by atoms with E-state index in [1.807, 2.05) is 19.0 Å². The van der Waals surface area contributed by atoms with E-state index in [-0.39, 0.29) is 6.04 Å². The molecule has 3 rings (SSSR count). The maximum absolute atomic E-state index is 12.4. The molecule has 7 nitrogen and oxygen atoms in total. The Labute approximate surface area is 181 Å². The average molecular weight is 431 g/mol. The van der Waals surface area contributed by atoms with Crippen LogP contribution in [0.2, 0.25) is 5.02 Å². The van der Waals surface area contributed by atoms with Gasteiger partial charge in [-0.2, -0.15) is 0 Å². The van der Waals surface area contributed by atoms with Crippen molar-refractivity contribution in [2.24, 2.45) is 0 Å². The third kappa shape index (κ3) is 5.95. The highest BCUT2D eigenvalue weighted by atomic mass is 35.5. The maximum atomic E-state index is 12.4. The van der Waals surface area contributed by atoms with E-state index in [2.05, 4.69) is 39.8 Å². The Balaban J connectivity index is 1.66. The van der Waals surface area contributed by atoms with Crippen LogP contribution in [-0.2, 0) is 14.3 Å². The molecule has 0 aromatic heterocycles. The number of carbonyl (C=O) groups is 2. The van der Waals surface area contributed by atoms with Crippen molar-refractivity contribution >= 4 is 34.8 Å². The van der Waals surface area contributed by atoms with Crippen molar-refractivity contribution in [2.75, 3.05) is 57.2 Å². The van der Waals surface area contributed by atoms with Crippen molar-refractivity contribution in [3.63, 3.8) is 0 Å². The quantitative estimate of drug-likeness (QED) is 0.689. The number of morpholine rings is 1. The number of nitrogens with one attached hydrogen (secondary N) is 2. The van der Waals surface area contributed by atoms with Gasteiger partial charge in [0.15, 0.2) is 0 Å². The number of rotatable bonds is 6. The molecule has 1 aliphatic rings. The number of anilines is 2. The lowest BCUT2D eigenvalue weighted by Crippen LogP contribution is -2.45. The Bertz CT molecular complexity index is 867. The topological polar surface area (TPSA) is 73.9 Å². The van der Waals surface area contributed by atoms with Crippen LogP contribution in [-0.4, -0.2) is 63.7 Å². The lowest BCUT2D eigenvalue weighted by Gasteiger charge is -2.35. The molecule has 2 aromatic carbocycles. The summed E-state index contributed by atoms with van der Waals surface area (Å²) < 4.78 is 5.47. The number of amides is 2. The molecule has 0 saturated carbocycles. The van der Waals surface area contributed by atoms with Crippen LogP contribution in [0.5, 0.6) is 0 Å². The van der Waals surface area contributed by atoms with E-state index in [0.29, 0.717) is 30.5 Å². The molecule has 1 heterocycles. The second kappa shape index (κ2) is 10.4. The fraction of sp³-hybridized carbons (Fsp3) is 0.364. The Morgan fingerprint density at radius 2 is 1.80 bits per heavy atom. The summed E-state index contributed by atoms with van der Waals surface area (Å²) in [4.78, 5) is 29.0. The van der Waals surface area contributed by atoms with Gasteiger partial charge in [0.2, 0.25) is 0 Å². The number of halogens is 1. The SMILES string of the molecule is CN(C)c1ccc(C(CNC(=O)C(=O)Nc2cccc(Cl)c2)N2CCOCC2)cc1. The molecule has 2 aromatic rings. The highest BCUT2D eigenvalue weighted by Crippen LogP contribution is 2.24. The molecule has 1 unspecified atom stereocenters. The van der Waals surface area contributed by atoms with Gasteiger partial charge in [0.05, 0.1) is 19.3 Å². The molecular formula is C22H27ClN4O3. The zero-order valence-corrected chi connectivity index (χ0v) is 18.0. The van der Waals surface area contributed by atoms with Crippen molar-refractivity contribution in [1.82, 2.24) is 10.2 Å². The molecule has 8 heteroatoms. The number of hydrogen-bond acceptors (Lipinski definition) is 5. The van der Waals surface area contributed by atoms with E-state index in [4.69, 9.17) is 16.3 Å². The monoisotopic (exact) mass is 430 g/mol. The lowest BCUT2D eigenvalue weighted by molar-refractivity contribution is -0.136. The van der Waals surface area contributed by atoms with Crippen molar-refractivity contribution in [3.8, 4) is 0 Å². The van der Waals surface area contributed by atoms with Gasteiger partial charge in [-0.3, -0.25) is 14.5 Å². The standard InChI is InChI=1S/C22H27ClN4O3/c1-26(2)19-8-6-16(7-9-19)20(27-10-12-30-13-11-27)15-24-21(28)22(29)25-18-5-3-4-17(23)14-18/h3-9,14,20H,10-13,15H2,1-2H3,(H,24,28)(H,25,29). The predicted molar refractivity (Wildman–Crippen MR) is 119 cm³/mol. The molecule has 2 N–H and O–H groups in total. The third-order valence-corrected chi connectivity index (χ3v) is 5.26. The fourth-order valence-corrected chi connectivity index (χ4v) is 3.56. The van der Waals surface area contributed by atoms with Crippen LogP contribution in [0.1, 0.15) is 11.6 Å². The smallest absolute Gasteiger partial charge is 0.313 e. The molecule has 1 atom stereocenters. The normalized spacial score (nSPS) is 15.3. The van der Waals surface area contributed by atoms with Gasteiger partial charge >= 0.3 is 11.8 Å². The first-order chi connectivity index (χ1) is 14.4. The van der Waals surface area contributed by atoms with Crippen LogP contribution in [0, 0.1) is 0 Å². The number of carbonyl (C=O) groups excluding carboxylic acids is 2.